The van der Waals surface area contributed by atoms with Gasteiger partial charge < -0.3 is 5.32 Å². The summed E-state index contributed by atoms with van der Waals surface area (Å²) < 4.78 is 2.46. The molecule has 1 amide bonds. The van der Waals surface area contributed by atoms with Crippen LogP contribution in [-0.4, -0.2) is 25.7 Å². The first-order chi connectivity index (χ1) is 10.1. The maximum atomic E-state index is 12.3. The van der Waals surface area contributed by atoms with Crippen LogP contribution < -0.4 is 5.32 Å². The van der Waals surface area contributed by atoms with Gasteiger partial charge in [0, 0.05) is 4.47 Å². The Labute approximate surface area is 133 Å². The zero-order valence-electron chi connectivity index (χ0n) is 10.9. The van der Waals surface area contributed by atoms with Crippen molar-refractivity contribution in [2.24, 2.45) is 0 Å². The van der Waals surface area contributed by atoms with Crippen molar-refractivity contribution in [3.8, 4) is 5.69 Å². The molecule has 2 heterocycles. The average Bonchev–Trinajstić information content (AvgIpc) is 3.10. The van der Waals surface area contributed by atoms with E-state index in [9.17, 15) is 4.79 Å². The van der Waals surface area contributed by atoms with Gasteiger partial charge >= 0.3 is 0 Å². The van der Waals surface area contributed by atoms with Gasteiger partial charge in [0.2, 0.25) is 0 Å². The van der Waals surface area contributed by atoms with E-state index < -0.39 is 0 Å². The number of anilines is 1. The predicted octanol–water partition coefficient (Wildman–Crippen LogP) is 3.05. The highest BCUT2D eigenvalue weighted by Crippen LogP contribution is 2.25. The second-order valence-corrected chi connectivity index (χ2v) is 5.99. The van der Waals surface area contributed by atoms with Gasteiger partial charge in [-0.2, -0.15) is 5.10 Å². The van der Waals surface area contributed by atoms with Crippen molar-refractivity contribution in [3.63, 3.8) is 0 Å². The highest BCUT2D eigenvalue weighted by atomic mass is 79.9. The number of carbonyl (C=O) groups excluding carboxylic acids is 1. The largest absolute Gasteiger partial charge is 0.319 e. The lowest BCUT2D eigenvalue weighted by Crippen LogP contribution is -2.14. The zero-order valence-corrected chi connectivity index (χ0v) is 13.3. The summed E-state index contributed by atoms with van der Waals surface area (Å²) in [6.45, 7) is 1.81. The molecule has 0 fully saturated rings. The third kappa shape index (κ3) is 2.86. The topological polar surface area (TPSA) is 72.7 Å². The molecular weight excluding hydrogens is 354 g/mol. The number of thiazole rings is 1. The third-order valence-corrected chi connectivity index (χ3v) is 4.24. The van der Waals surface area contributed by atoms with E-state index in [0.717, 1.165) is 15.9 Å². The van der Waals surface area contributed by atoms with Gasteiger partial charge in [-0.05, 0) is 25.1 Å². The molecule has 1 N–H and O–H groups in total. The number of halogens is 1. The van der Waals surface area contributed by atoms with E-state index in [0.29, 0.717) is 10.6 Å². The molecule has 21 heavy (non-hydrogen) atoms. The fourth-order valence-electron chi connectivity index (χ4n) is 1.84. The van der Waals surface area contributed by atoms with Gasteiger partial charge in [0.15, 0.2) is 0 Å². The van der Waals surface area contributed by atoms with Crippen molar-refractivity contribution in [1.29, 1.82) is 0 Å². The molecule has 8 heteroatoms. The van der Waals surface area contributed by atoms with Gasteiger partial charge in [0.05, 0.1) is 22.6 Å². The first-order valence-corrected chi connectivity index (χ1v) is 7.68. The Bertz CT molecular complexity index is 784. The van der Waals surface area contributed by atoms with Crippen LogP contribution >= 0.6 is 27.3 Å². The number of nitrogens with zero attached hydrogens (tertiary/aromatic N) is 4. The van der Waals surface area contributed by atoms with Crippen molar-refractivity contribution in [1.82, 2.24) is 19.7 Å². The maximum absolute atomic E-state index is 12.3. The molecule has 0 unspecified atom stereocenters. The summed E-state index contributed by atoms with van der Waals surface area (Å²) in [5.74, 6) is -0.186. The SMILES string of the molecule is Cc1ncsc1C(=O)Nc1cc(Br)ccc1-n1cncn1. The molecule has 0 spiro atoms. The second-order valence-electron chi connectivity index (χ2n) is 4.22. The molecule has 0 aliphatic carbocycles. The number of aryl methyl sites for hydroxylation is 1. The van der Waals surface area contributed by atoms with Crippen LogP contribution in [0.2, 0.25) is 0 Å². The fraction of sp³-hybridized carbons (Fsp3) is 0.0769. The van der Waals surface area contributed by atoms with Gasteiger partial charge in [-0.15, -0.1) is 11.3 Å². The van der Waals surface area contributed by atoms with Gasteiger partial charge in [-0.25, -0.2) is 14.6 Å². The van der Waals surface area contributed by atoms with Crippen LogP contribution in [-0.2, 0) is 0 Å². The summed E-state index contributed by atoms with van der Waals surface area (Å²) in [6.07, 6.45) is 3.03. The molecule has 2 aromatic heterocycles. The molecule has 1 aromatic carbocycles. The average molecular weight is 364 g/mol. The van der Waals surface area contributed by atoms with Crippen molar-refractivity contribution in [2.75, 3.05) is 5.32 Å². The lowest BCUT2D eigenvalue weighted by molar-refractivity contribution is 0.103. The molecule has 6 nitrogen and oxygen atoms in total. The van der Waals surface area contributed by atoms with Crippen LogP contribution in [0.5, 0.6) is 0 Å². The summed E-state index contributed by atoms with van der Waals surface area (Å²) in [7, 11) is 0. The molecular formula is C13H10BrN5OS. The van der Waals surface area contributed by atoms with Crippen LogP contribution in [0, 0.1) is 6.92 Å². The predicted molar refractivity (Wildman–Crippen MR) is 83.9 cm³/mol. The van der Waals surface area contributed by atoms with E-state index in [1.54, 1.807) is 16.5 Å². The van der Waals surface area contributed by atoms with E-state index in [-0.39, 0.29) is 5.91 Å². The molecule has 0 radical (unpaired) electrons. The highest BCUT2D eigenvalue weighted by molar-refractivity contribution is 9.10. The Morgan fingerprint density at radius 3 is 2.95 bits per heavy atom. The van der Waals surface area contributed by atoms with Crippen LogP contribution in [0.4, 0.5) is 5.69 Å². The number of nitrogens with one attached hydrogen (secondary N) is 1. The number of amides is 1. The first-order valence-electron chi connectivity index (χ1n) is 6.01. The Morgan fingerprint density at radius 1 is 1.43 bits per heavy atom. The van der Waals surface area contributed by atoms with Crippen molar-refractivity contribution in [3.05, 3.63) is 51.4 Å². The Morgan fingerprint density at radius 2 is 2.29 bits per heavy atom. The summed E-state index contributed by atoms with van der Waals surface area (Å²) in [4.78, 5) is 20.9. The summed E-state index contributed by atoms with van der Waals surface area (Å²) in [5, 5.41) is 6.99. The first kappa shape index (κ1) is 13.9. The van der Waals surface area contributed by atoms with Crippen molar-refractivity contribution in [2.45, 2.75) is 6.92 Å². The maximum Gasteiger partial charge on any atom is 0.267 e. The molecule has 3 rings (SSSR count). The number of hydrogen-bond acceptors (Lipinski definition) is 5. The quantitative estimate of drug-likeness (QED) is 0.775. The van der Waals surface area contributed by atoms with Crippen LogP contribution in [0.3, 0.4) is 0 Å². The van der Waals surface area contributed by atoms with Gasteiger partial charge in [-0.3, -0.25) is 4.79 Å². The Kier molecular flexibility index (Phi) is 3.80. The third-order valence-electron chi connectivity index (χ3n) is 2.82. The Balaban J connectivity index is 1.97. The van der Waals surface area contributed by atoms with Crippen LogP contribution in [0.1, 0.15) is 15.4 Å². The van der Waals surface area contributed by atoms with Crippen molar-refractivity contribution < 1.29 is 4.79 Å². The minimum absolute atomic E-state index is 0.186. The van der Waals surface area contributed by atoms with E-state index in [2.05, 4.69) is 36.3 Å². The Hall–Kier alpha value is -2.06. The van der Waals surface area contributed by atoms with Crippen molar-refractivity contribution >= 4 is 38.9 Å². The lowest BCUT2D eigenvalue weighted by Gasteiger charge is -2.11. The number of rotatable bonds is 3. The van der Waals surface area contributed by atoms with Gasteiger partial charge in [0.1, 0.15) is 17.5 Å². The summed E-state index contributed by atoms with van der Waals surface area (Å²) in [6, 6.07) is 5.56. The molecule has 0 aliphatic rings. The van der Waals surface area contributed by atoms with E-state index >= 15 is 0 Å². The minimum atomic E-state index is -0.186. The summed E-state index contributed by atoms with van der Waals surface area (Å²) >= 11 is 4.72. The van der Waals surface area contributed by atoms with Gasteiger partial charge in [-0.1, -0.05) is 15.9 Å². The highest BCUT2D eigenvalue weighted by Gasteiger charge is 2.15. The minimum Gasteiger partial charge on any atom is -0.319 e. The molecule has 0 atom stereocenters. The summed E-state index contributed by atoms with van der Waals surface area (Å²) in [5.41, 5.74) is 3.76. The molecule has 0 saturated heterocycles. The van der Waals surface area contributed by atoms with E-state index in [4.69, 9.17) is 0 Å². The van der Waals surface area contributed by atoms with E-state index in [1.165, 1.54) is 17.7 Å². The molecule has 106 valence electrons. The van der Waals surface area contributed by atoms with Gasteiger partial charge in [0.25, 0.3) is 5.91 Å². The number of hydrogen-bond donors (Lipinski definition) is 1. The number of aromatic nitrogens is 4. The van der Waals surface area contributed by atoms with Crippen LogP contribution in [0.15, 0.2) is 40.8 Å². The smallest absolute Gasteiger partial charge is 0.267 e. The normalized spacial score (nSPS) is 10.6. The standard InChI is InChI=1S/C13H10BrN5OS/c1-8-12(21-7-16-8)13(20)18-10-4-9(14)2-3-11(10)19-6-15-5-17-19/h2-7H,1H3,(H,18,20). The molecule has 3 aromatic rings. The molecule has 0 saturated carbocycles. The molecule has 0 aliphatic heterocycles. The number of benzene rings is 1. The lowest BCUT2D eigenvalue weighted by atomic mass is 10.2. The van der Waals surface area contributed by atoms with E-state index in [1.807, 2.05) is 25.1 Å². The monoisotopic (exact) mass is 363 g/mol. The fourth-order valence-corrected chi connectivity index (χ4v) is 2.90. The van der Waals surface area contributed by atoms with Crippen LogP contribution in [0.25, 0.3) is 5.69 Å². The number of carbonyl (C=O) groups is 1. The zero-order chi connectivity index (χ0) is 14.8. The second kappa shape index (κ2) is 5.74. The molecule has 0 bridgehead atoms.